The lowest BCUT2D eigenvalue weighted by Gasteiger charge is -2.47. The van der Waals surface area contributed by atoms with Gasteiger partial charge < -0.3 is 102 Å². The Balaban J connectivity index is 1.22. The number of carbonyl (C=O) groups is 7. The predicted octanol–water partition coefficient (Wildman–Crippen LogP) is 4.50. The number of benzene rings is 5. The lowest BCUT2D eigenvalue weighted by Crippen LogP contribution is -2.64. The number of carbonyl (C=O) groups excluding carboxylic acids is 7. The van der Waals surface area contributed by atoms with Crippen LogP contribution in [0, 0.1) is 23.7 Å². The molecule has 8 bridgehead atoms. The summed E-state index contributed by atoms with van der Waals surface area (Å²) in [7, 11) is 1.15. The van der Waals surface area contributed by atoms with Gasteiger partial charge in [0.05, 0.1) is 48.9 Å². The molecule has 0 aromatic heterocycles. The SMILES string of the molecule is COc1cc2cc(c1OC1OC(CO)C(O)C(O)C1OC1CC(C)(N)C(O)C(C)O1)Oc1ccc(cc1Cl)C(O)C1CC(=O)C(CC(=O)C2NC(=O)C(CC(N)=O)CC(=O)C(NC(=O)C(C)CC(C)C)C(O)c2cccc(Cl)c2)c2ccc(O)c(c2)-c2c(O)cc(O)cc2CNC1=O. The molecule has 4 amide bonds. The van der Waals surface area contributed by atoms with Gasteiger partial charge in [0.15, 0.2) is 35.5 Å². The van der Waals surface area contributed by atoms with Gasteiger partial charge in [0.2, 0.25) is 35.7 Å². The van der Waals surface area contributed by atoms with Crippen LogP contribution >= 0.6 is 23.2 Å². The number of halogens is 2. The number of phenols is 3. The third kappa shape index (κ3) is 16.6. The number of fused-ring (bicyclic) bond motifs is 8. The number of amides is 4. The number of hydrogen-bond acceptors (Lipinski definition) is 23. The zero-order chi connectivity index (χ0) is 71.5. The second-order valence-corrected chi connectivity index (χ2v) is 27.0. The maximum atomic E-state index is 16.0. The fourth-order valence-electron chi connectivity index (χ4n) is 12.9. The number of ketones is 3. The highest BCUT2D eigenvalue weighted by Crippen LogP contribution is 2.48. The van der Waals surface area contributed by atoms with E-state index in [-0.39, 0.29) is 72.8 Å². The molecule has 0 saturated carbocycles. The van der Waals surface area contributed by atoms with Crippen molar-refractivity contribution in [3.8, 4) is 51.4 Å². The molecule has 29 heteroatoms. The number of phenolic OH excluding ortho intramolecular Hbond substituents is 3. The number of rotatable bonds is 19. The van der Waals surface area contributed by atoms with Crippen molar-refractivity contribution in [3.63, 3.8) is 0 Å². The molecule has 17 unspecified atom stereocenters. The number of hydrogen-bond donors (Lipinski definition) is 14. The van der Waals surface area contributed by atoms with Crippen LogP contribution in [0.3, 0.4) is 0 Å². The minimum Gasteiger partial charge on any atom is -0.508 e. The van der Waals surface area contributed by atoms with E-state index in [4.69, 9.17) is 63.1 Å². The van der Waals surface area contributed by atoms with Crippen LogP contribution in [0.4, 0.5) is 0 Å². The summed E-state index contributed by atoms with van der Waals surface area (Å²) in [6.07, 6.45) is -19.3. The van der Waals surface area contributed by atoms with Crippen LogP contribution in [0.25, 0.3) is 11.1 Å². The molecule has 2 fully saturated rings. The number of aliphatic hydroxyl groups is 6. The smallest absolute Gasteiger partial charge is 0.230 e. The summed E-state index contributed by atoms with van der Waals surface area (Å²) in [6, 6.07) is 14.1. The third-order valence-corrected chi connectivity index (χ3v) is 18.7. The summed E-state index contributed by atoms with van der Waals surface area (Å²) < 4.78 is 37.4. The van der Waals surface area contributed by atoms with Gasteiger partial charge in [0, 0.05) is 78.2 Å². The van der Waals surface area contributed by atoms with Gasteiger partial charge >= 0.3 is 0 Å². The van der Waals surface area contributed by atoms with E-state index < -0.39 is 211 Å². The van der Waals surface area contributed by atoms with Gasteiger partial charge in [-0.1, -0.05) is 68.2 Å². The zero-order valence-corrected chi connectivity index (χ0v) is 55.8. The molecule has 17 atom stereocenters. The number of primary amides is 1. The van der Waals surface area contributed by atoms with E-state index in [2.05, 4.69) is 16.0 Å². The molecule has 5 aliphatic rings. The first-order chi connectivity index (χ1) is 46.3. The van der Waals surface area contributed by atoms with E-state index in [9.17, 15) is 65.1 Å². The number of nitrogens with one attached hydrogen (secondary N) is 3. The molecule has 0 radical (unpaired) electrons. The molecule has 27 nitrogen and oxygen atoms in total. The topological polar surface area (TPSA) is 445 Å². The summed E-state index contributed by atoms with van der Waals surface area (Å²) >= 11 is 13.3. The summed E-state index contributed by atoms with van der Waals surface area (Å²) in [5.74, 6) is -15.7. The van der Waals surface area contributed by atoms with Crippen molar-refractivity contribution >= 4 is 64.2 Å². The molecule has 5 aliphatic heterocycles. The van der Waals surface area contributed by atoms with Crippen molar-refractivity contribution in [1.29, 1.82) is 0 Å². The number of methoxy groups -OCH3 is 1. The van der Waals surface area contributed by atoms with Gasteiger partial charge in [-0.15, -0.1) is 0 Å². The van der Waals surface area contributed by atoms with Crippen LogP contribution in [-0.4, -0.2) is 161 Å². The Morgan fingerprint density at radius 2 is 1.55 bits per heavy atom. The summed E-state index contributed by atoms with van der Waals surface area (Å²) in [4.78, 5) is 103. The number of ether oxygens (including phenoxy) is 6. The minimum atomic E-state index is -2.05. The highest BCUT2D eigenvalue weighted by Gasteiger charge is 2.51. The summed E-state index contributed by atoms with van der Waals surface area (Å²) in [5, 5.41) is 110. The molecule has 5 heterocycles. The summed E-state index contributed by atoms with van der Waals surface area (Å²) in [5.41, 5.74) is 10.6. The van der Waals surface area contributed by atoms with Gasteiger partial charge in [-0.25, -0.2) is 0 Å². The van der Waals surface area contributed by atoms with Gasteiger partial charge in [0.1, 0.15) is 65.3 Å². The predicted molar refractivity (Wildman–Crippen MR) is 349 cm³/mol. The van der Waals surface area contributed by atoms with Crippen LogP contribution in [0.2, 0.25) is 10.0 Å². The van der Waals surface area contributed by atoms with Crippen molar-refractivity contribution in [2.75, 3.05) is 13.7 Å². The van der Waals surface area contributed by atoms with Crippen LogP contribution in [0.5, 0.6) is 40.2 Å². The quantitative estimate of drug-likeness (QED) is 0.0541. The van der Waals surface area contributed by atoms with Crippen molar-refractivity contribution in [2.45, 2.75) is 165 Å². The first kappa shape index (κ1) is 74.2. The molecule has 0 aliphatic carbocycles. The maximum Gasteiger partial charge on any atom is 0.230 e. The Bertz CT molecular complexity index is 3840. The lowest BCUT2D eigenvalue weighted by molar-refractivity contribution is -0.333. The van der Waals surface area contributed by atoms with Crippen molar-refractivity contribution < 1.29 is 108 Å². The lowest BCUT2D eigenvalue weighted by atomic mass is 9.80. The van der Waals surface area contributed by atoms with E-state index in [0.29, 0.717) is 6.42 Å². The normalized spacial score (nSPS) is 27.0. The van der Waals surface area contributed by atoms with Crippen LogP contribution < -0.4 is 41.6 Å². The van der Waals surface area contributed by atoms with E-state index in [1.54, 1.807) is 13.8 Å². The molecule has 5 aromatic carbocycles. The number of Topliss-reactive ketones (excluding diaryl/α,β-unsaturated/α-hetero) is 3. The van der Waals surface area contributed by atoms with E-state index in [1.807, 2.05) is 13.8 Å². The van der Waals surface area contributed by atoms with Crippen molar-refractivity contribution in [2.24, 2.45) is 35.1 Å². The first-order valence-electron chi connectivity index (χ1n) is 31.8. The largest absolute Gasteiger partial charge is 0.508 e. The fraction of sp³-hybridized carbons (Fsp3) is 0.464. The van der Waals surface area contributed by atoms with Gasteiger partial charge in [0.25, 0.3) is 0 Å². The molecule has 16 N–H and O–H groups in total. The number of aliphatic hydroxyl groups excluding tert-OH is 6. The van der Waals surface area contributed by atoms with Crippen molar-refractivity contribution in [1.82, 2.24) is 16.0 Å². The number of nitrogens with two attached hydrogens (primary N) is 2. The molecule has 98 heavy (non-hydrogen) atoms. The summed E-state index contributed by atoms with van der Waals surface area (Å²) in [6.45, 7) is 7.11. The minimum absolute atomic E-state index is 0.0166. The standard InChI is InChI=1S/C69H81Cl2N5O22/c1-29(2)14-30(3)65(90)76-57(59(86)33-8-7-9-38(70)15-33)47(82)19-36(22-53(72)84)66(91)75-56-35-20-50(93-6)62(98-68-63(61(88)60(87)52(28-77)96-68)97-54-26-69(5,73)64(89)31(4)94-54)51(21-35)95-49-13-11-34(18-43(49)71)58(85)42-25-45(80)40(24-48(56)83)32-10-12-44(79)41(17-32)55-37(27-74-67(42)92)16-39(78)23-46(55)81/h7-13,15-18,20-21,23,29-31,36,40,42,52,54,56-61,63-64,68,77-79,81,85-89H,14,19,22,24-28,73H2,1-6H3,(H2,72,84)(H,74,92)(H,75,91)(H,76,90). The van der Waals surface area contributed by atoms with E-state index in [1.165, 1.54) is 79.7 Å². The Hall–Kier alpha value is -8.03. The highest BCUT2D eigenvalue weighted by atomic mass is 35.5. The first-order valence-corrected chi connectivity index (χ1v) is 32.5. The molecule has 528 valence electrons. The van der Waals surface area contributed by atoms with Crippen molar-refractivity contribution in [3.05, 3.63) is 123 Å². The Morgan fingerprint density at radius 1 is 0.827 bits per heavy atom. The molecule has 10 rings (SSSR count). The number of aromatic hydroxyl groups is 3. The molecular weight excluding hydrogens is 1320 g/mol. The monoisotopic (exact) mass is 1400 g/mol. The second-order valence-electron chi connectivity index (χ2n) is 26.1. The average Bonchev–Trinajstić information content (AvgIpc) is 0.776. The van der Waals surface area contributed by atoms with E-state index in [0.717, 1.165) is 19.2 Å². The Kier molecular flexibility index (Phi) is 23.5. The Morgan fingerprint density at radius 3 is 2.21 bits per heavy atom. The third-order valence-electron chi connectivity index (χ3n) is 18.1. The van der Waals surface area contributed by atoms with Gasteiger partial charge in [-0.2, -0.15) is 0 Å². The molecule has 5 aromatic rings. The maximum absolute atomic E-state index is 16.0. The fourth-order valence-corrected chi connectivity index (χ4v) is 13.4. The molecular formula is C69H81Cl2N5O22. The van der Waals surface area contributed by atoms with Crippen LogP contribution in [0.15, 0.2) is 84.9 Å². The zero-order valence-electron chi connectivity index (χ0n) is 54.3. The van der Waals surface area contributed by atoms with Gasteiger partial charge in [-0.3, -0.25) is 33.6 Å². The van der Waals surface area contributed by atoms with Crippen LogP contribution in [0.1, 0.15) is 125 Å². The Labute approximate surface area is 573 Å². The average molecular weight is 1400 g/mol. The van der Waals surface area contributed by atoms with E-state index >= 15 is 14.4 Å². The molecule has 2 saturated heterocycles. The molecule has 0 spiro atoms. The second kappa shape index (κ2) is 31.0. The highest BCUT2D eigenvalue weighted by molar-refractivity contribution is 6.32. The van der Waals surface area contributed by atoms with Gasteiger partial charge in [-0.05, 0) is 109 Å². The van der Waals surface area contributed by atoms with Crippen LogP contribution in [-0.2, 0) is 54.3 Å².